The number of nitrogens with zero attached hydrogens (tertiary/aromatic N) is 3. The Kier molecular flexibility index (Phi) is 4.80. The molecule has 2 unspecified atom stereocenters. The Balaban J connectivity index is 1.58. The zero-order valence-corrected chi connectivity index (χ0v) is 18.0. The Labute approximate surface area is 173 Å². The number of hydrogen-bond donors (Lipinski definition) is 0. The van der Waals surface area contributed by atoms with Crippen LogP contribution >= 0.6 is 11.3 Å². The van der Waals surface area contributed by atoms with Gasteiger partial charge in [0, 0.05) is 13.1 Å². The summed E-state index contributed by atoms with van der Waals surface area (Å²) in [7, 11) is 2.88. The summed E-state index contributed by atoms with van der Waals surface area (Å²) < 4.78 is 16.5. The summed E-state index contributed by atoms with van der Waals surface area (Å²) in [5.74, 6) is 0.0296. The summed E-state index contributed by atoms with van der Waals surface area (Å²) in [4.78, 5) is 33.5. The van der Waals surface area contributed by atoms with Gasteiger partial charge in [0.25, 0.3) is 0 Å². The summed E-state index contributed by atoms with van der Waals surface area (Å²) in [6.07, 6.45) is 0.747. The lowest BCUT2D eigenvalue weighted by atomic mass is 9.88. The molecule has 2 aliphatic heterocycles. The van der Waals surface area contributed by atoms with Crippen molar-refractivity contribution < 1.29 is 23.8 Å². The number of benzene rings is 1. The zero-order valence-electron chi connectivity index (χ0n) is 17.2. The summed E-state index contributed by atoms with van der Waals surface area (Å²) >= 11 is 1.46. The van der Waals surface area contributed by atoms with Crippen molar-refractivity contribution in [3.63, 3.8) is 0 Å². The number of amides is 1. The number of rotatable bonds is 3. The lowest BCUT2D eigenvalue weighted by Gasteiger charge is -2.56. The first-order valence-electron chi connectivity index (χ1n) is 9.54. The van der Waals surface area contributed by atoms with E-state index in [-0.39, 0.29) is 18.2 Å². The predicted octanol–water partition coefficient (Wildman–Crippen LogP) is 3.29. The van der Waals surface area contributed by atoms with Crippen LogP contribution in [0.5, 0.6) is 5.75 Å². The van der Waals surface area contributed by atoms with Crippen molar-refractivity contribution in [1.82, 2.24) is 9.88 Å². The van der Waals surface area contributed by atoms with Crippen molar-refractivity contribution in [1.29, 1.82) is 0 Å². The molecule has 2 aliphatic rings. The molecule has 1 aromatic heterocycles. The number of piperidine rings is 1. The van der Waals surface area contributed by atoms with Crippen LogP contribution in [-0.2, 0) is 9.47 Å². The van der Waals surface area contributed by atoms with E-state index in [4.69, 9.17) is 19.2 Å². The zero-order chi connectivity index (χ0) is 20.9. The summed E-state index contributed by atoms with van der Waals surface area (Å²) in [6, 6.07) is 3.98. The van der Waals surface area contributed by atoms with Gasteiger partial charge in [0.05, 0.1) is 36.5 Å². The quantitative estimate of drug-likeness (QED) is 0.706. The van der Waals surface area contributed by atoms with Gasteiger partial charge in [-0.05, 0) is 39.3 Å². The number of carbonyl (C=O) groups excluding carboxylic acids is 2. The van der Waals surface area contributed by atoms with Crippen molar-refractivity contribution in [2.24, 2.45) is 0 Å². The van der Waals surface area contributed by atoms with Crippen LogP contribution in [0.1, 0.15) is 37.6 Å². The molecule has 2 aromatic rings. The van der Waals surface area contributed by atoms with Crippen LogP contribution in [0.3, 0.4) is 0 Å². The van der Waals surface area contributed by atoms with Crippen LogP contribution in [0, 0.1) is 0 Å². The molecule has 0 spiro atoms. The van der Waals surface area contributed by atoms with Crippen molar-refractivity contribution in [3.8, 4) is 5.75 Å². The summed E-state index contributed by atoms with van der Waals surface area (Å²) in [5, 5.41) is 0.850. The monoisotopic (exact) mass is 419 g/mol. The molecule has 3 heterocycles. The highest BCUT2D eigenvalue weighted by molar-refractivity contribution is 7.22. The van der Waals surface area contributed by atoms with Gasteiger partial charge < -0.3 is 24.0 Å². The topological polar surface area (TPSA) is 81.2 Å². The predicted molar refractivity (Wildman–Crippen MR) is 110 cm³/mol. The largest absolute Gasteiger partial charge is 0.496 e. The highest BCUT2D eigenvalue weighted by atomic mass is 32.1. The van der Waals surface area contributed by atoms with Gasteiger partial charge in [-0.2, -0.15) is 0 Å². The SMILES string of the molecule is COC(=O)c1c(OC)ccc2nc(N3C4CC3CN(C(=O)OC(C)(C)C)C4)sc12. The standard InChI is InChI=1S/C20H25N3O5S/c1-20(2,3)28-19(25)22-9-11-8-12(10-22)23(11)18-21-13-6-7-14(26-4)15(16(13)29-18)17(24)27-5/h6-7,11-12H,8-10H2,1-5H3. The van der Waals surface area contributed by atoms with Gasteiger partial charge >= 0.3 is 12.1 Å². The van der Waals surface area contributed by atoms with Gasteiger partial charge in [0.1, 0.15) is 16.9 Å². The second kappa shape index (κ2) is 7.05. The van der Waals surface area contributed by atoms with Crippen LogP contribution in [0.4, 0.5) is 9.93 Å². The van der Waals surface area contributed by atoms with Crippen LogP contribution in [0.25, 0.3) is 10.2 Å². The number of esters is 1. The third-order valence-electron chi connectivity index (χ3n) is 5.18. The molecule has 1 amide bonds. The van der Waals surface area contributed by atoms with Crippen LogP contribution < -0.4 is 9.64 Å². The van der Waals surface area contributed by atoms with E-state index in [0.717, 1.165) is 21.8 Å². The molecule has 29 heavy (non-hydrogen) atoms. The third kappa shape index (κ3) is 3.48. The summed E-state index contributed by atoms with van der Waals surface area (Å²) in [6.45, 7) is 6.82. The number of likely N-dealkylation sites (tertiary alicyclic amines) is 1. The highest BCUT2D eigenvalue weighted by Crippen LogP contribution is 2.43. The van der Waals surface area contributed by atoms with Crippen LogP contribution in [0.2, 0.25) is 0 Å². The molecule has 4 rings (SSSR count). The van der Waals surface area contributed by atoms with Crippen molar-refractivity contribution in [2.75, 3.05) is 32.2 Å². The molecule has 0 N–H and O–H groups in total. The van der Waals surface area contributed by atoms with E-state index in [1.807, 2.05) is 26.8 Å². The number of piperazine rings is 1. The van der Waals surface area contributed by atoms with Crippen molar-refractivity contribution in [2.45, 2.75) is 44.9 Å². The van der Waals surface area contributed by atoms with Gasteiger partial charge in [-0.3, -0.25) is 0 Å². The van der Waals surface area contributed by atoms with Gasteiger partial charge in [-0.25, -0.2) is 14.6 Å². The first kappa shape index (κ1) is 19.8. The molecule has 2 bridgehead atoms. The molecule has 1 aromatic carbocycles. The first-order valence-corrected chi connectivity index (χ1v) is 10.4. The minimum absolute atomic E-state index is 0.199. The average molecular weight is 420 g/mol. The molecule has 0 aliphatic carbocycles. The second-order valence-corrected chi connectivity index (χ2v) is 9.29. The molecule has 2 fully saturated rings. The lowest BCUT2D eigenvalue weighted by Crippen LogP contribution is -2.70. The molecule has 2 saturated heterocycles. The number of fused-ring (bicyclic) bond motifs is 3. The fourth-order valence-electron chi connectivity index (χ4n) is 3.94. The van der Waals surface area contributed by atoms with E-state index >= 15 is 0 Å². The number of hydrogen-bond acceptors (Lipinski definition) is 8. The lowest BCUT2D eigenvalue weighted by molar-refractivity contribution is 0.00855. The number of thiazole rings is 1. The Bertz CT molecular complexity index is 955. The van der Waals surface area contributed by atoms with E-state index in [9.17, 15) is 9.59 Å². The van der Waals surface area contributed by atoms with Crippen molar-refractivity contribution in [3.05, 3.63) is 17.7 Å². The second-order valence-electron chi connectivity index (χ2n) is 8.32. The maximum atomic E-state index is 12.4. The number of methoxy groups -OCH3 is 2. The molecule has 0 saturated carbocycles. The normalized spacial score (nSPS) is 21.0. The van der Waals surface area contributed by atoms with E-state index < -0.39 is 11.6 Å². The van der Waals surface area contributed by atoms with Gasteiger partial charge in [0.15, 0.2) is 5.13 Å². The van der Waals surface area contributed by atoms with E-state index in [1.165, 1.54) is 25.6 Å². The Hall–Kier alpha value is -2.55. The van der Waals surface area contributed by atoms with E-state index in [0.29, 0.717) is 24.4 Å². The molecular formula is C20H25N3O5S. The van der Waals surface area contributed by atoms with Crippen LogP contribution in [0.15, 0.2) is 12.1 Å². The third-order valence-corrected chi connectivity index (χ3v) is 6.29. The molecule has 8 nitrogen and oxygen atoms in total. The molecule has 2 atom stereocenters. The van der Waals surface area contributed by atoms with Gasteiger partial charge in [-0.15, -0.1) is 0 Å². The van der Waals surface area contributed by atoms with Gasteiger partial charge in [0.2, 0.25) is 0 Å². The van der Waals surface area contributed by atoms with Crippen molar-refractivity contribution >= 4 is 38.7 Å². The number of anilines is 1. The number of carbonyl (C=O) groups is 2. The summed E-state index contributed by atoms with van der Waals surface area (Å²) in [5.41, 5.74) is 0.631. The fraction of sp³-hybridized carbons (Fsp3) is 0.550. The number of aromatic nitrogens is 1. The average Bonchev–Trinajstić information content (AvgIpc) is 3.08. The minimum atomic E-state index is -0.505. The molecular weight excluding hydrogens is 394 g/mol. The van der Waals surface area contributed by atoms with Crippen LogP contribution in [-0.4, -0.2) is 66.9 Å². The maximum Gasteiger partial charge on any atom is 0.410 e. The highest BCUT2D eigenvalue weighted by Gasteiger charge is 2.48. The smallest absolute Gasteiger partial charge is 0.410 e. The minimum Gasteiger partial charge on any atom is -0.496 e. The molecule has 156 valence electrons. The maximum absolute atomic E-state index is 12.4. The Morgan fingerprint density at radius 3 is 2.45 bits per heavy atom. The molecule has 0 radical (unpaired) electrons. The van der Waals surface area contributed by atoms with Gasteiger partial charge in [-0.1, -0.05) is 11.3 Å². The fourth-order valence-corrected chi connectivity index (χ4v) is 5.17. The number of ether oxygens (including phenoxy) is 3. The Morgan fingerprint density at radius 2 is 1.86 bits per heavy atom. The van der Waals surface area contributed by atoms with E-state index in [2.05, 4.69) is 4.90 Å². The first-order chi connectivity index (χ1) is 13.7. The Morgan fingerprint density at radius 1 is 1.17 bits per heavy atom. The van der Waals surface area contributed by atoms with E-state index in [1.54, 1.807) is 11.0 Å². The molecule has 9 heteroatoms.